The van der Waals surface area contributed by atoms with E-state index < -0.39 is 12.1 Å². The van der Waals surface area contributed by atoms with E-state index in [0.29, 0.717) is 12.1 Å². The SMILES string of the molecule is CC(OC(=O)c1cccc(-n2cccc2)c1)C(=O)NCCc1ccccc1. The third kappa shape index (κ3) is 5.07. The van der Waals surface area contributed by atoms with Gasteiger partial charge in [-0.15, -0.1) is 0 Å². The molecule has 0 aliphatic rings. The number of hydrogen-bond acceptors (Lipinski definition) is 3. The van der Waals surface area contributed by atoms with Crippen molar-refractivity contribution < 1.29 is 14.3 Å². The van der Waals surface area contributed by atoms with Crippen molar-refractivity contribution in [3.05, 3.63) is 90.3 Å². The van der Waals surface area contributed by atoms with Gasteiger partial charge in [-0.2, -0.15) is 0 Å². The molecule has 1 unspecified atom stereocenters. The number of carbonyl (C=O) groups excluding carboxylic acids is 2. The van der Waals surface area contributed by atoms with Crippen LogP contribution in [0.25, 0.3) is 5.69 Å². The highest BCUT2D eigenvalue weighted by atomic mass is 16.5. The van der Waals surface area contributed by atoms with Crippen molar-refractivity contribution in [3.8, 4) is 5.69 Å². The molecule has 0 bridgehead atoms. The molecular weight excluding hydrogens is 340 g/mol. The molecule has 1 heterocycles. The Morgan fingerprint density at radius 3 is 2.48 bits per heavy atom. The van der Waals surface area contributed by atoms with Crippen LogP contribution in [-0.2, 0) is 16.0 Å². The third-order valence-corrected chi connectivity index (χ3v) is 4.19. The Bertz CT molecular complexity index is 889. The molecule has 0 aliphatic heterocycles. The Balaban J connectivity index is 1.52. The van der Waals surface area contributed by atoms with E-state index in [0.717, 1.165) is 17.7 Å². The first-order valence-electron chi connectivity index (χ1n) is 8.89. The molecule has 5 nitrogen and oxygen atoms in total. The molecule has 5 heteroatoms. The first kappa shape index (κ1) is 18.5. The third-order valence-electron chi connectivity index (χ3n) is 4.19. The summed E-state index contributed by atoms with van der Waals surface area (Å²) < 4.78 is 7.21. The fourth-order valence-electron chi connectivity index (χ4n) is 2.70. The number of aromatic nitrogens is 1. The zero-order valence-corrected chi connectivity index (χ0v) is 15.2. The van der Waals surface area contributed by atoms with Gasteiger partial charge in [0.05, 0.1) is 5.56 Å². The van der Waals surface area contributed by atoms with E-state index in [2.05, 4.69) is 5.32 Å². The van der Waals surface area contributed by atoms with E-state index in [9.17, 15) is 9.59 Å². The van der Waals surface area contributed by atoms with E-state index in [1.54, 1.807) is 25.1 Å². The van der Waals surface area contributed by atoms with Crippen LogP contribution in [0.4, 0.5) is 0 Å². The van der Waals surface area contributed by atoms with Crippen LogP contribution in [0.2, 0.25) is 0 Å². The Labute approximate surface area is 158 Å². The minimum Gasteiger partial charge on any atom is -0.449 e. The summed E-state index contributed by atoms with van der Waals surface area (Å²) in [6.45, 7) is 2.07. The smallest absolute Gasteiger partial charge is 0.338 e. The minimum atomic E-state index is -0.858. The van der Waals surface area contributed by atoms with Crippen molar-refractivity contribution >= 4 is 11.9 Å². The average Bonchev–Trinajstić information content (AvgIpc) is 3.23. The van der Waals surface area contributed by atoms with Gasteiger partial charge >= 0.3 is 5.97 Å². The van der Waals surface area contributed by atoms with Gasteiger partial charge in [-0.3, -0.25) is 4.79 Å². The highest BCUT2D eigenvalue weighted by molar-refractivity contribution is 5.92. The first-order chi connectivity index (χ1) is 13.1. The number of carbonyl (C=O) groups is 2. The fourth-order valence-corrected chi connectivity index (χ4v) is 2.70. The molecule has 1 atom stereocenters. The van der Waals surface area contributed by atoms with Gasteiger partial charge < -0.3 is 14.6 Å². The average molecular weight is 362 g/mol. The molecule has 0 aliphatic carbocycles. The summed E-state index contributed by atoms with van der Waals surface area (Å²) in [6, 6.07) is 20.8. The molecule has 1 amide bonds. The quantitative estimate of drug-likeness (QED) is 0.656. The maximum absolute atomic E-state index is 12.4. The van der Waals surface area contributed by atoms with Crippen LogP contribution < -0.4 is 5.32 Å². The van der Waals surface area contributed by atoms with Crippen molar-refractivity contribution in [2.45, 2.75) is 19.4 Å². The molecule has 0 saturated carbocycles. The second-order valence-electron chi connectivity index (χ2n) is 6.21. The number of benzene rings is 2. The van der Waals surface area contributed by atoms with Crippen molar-refractivity contribution in [1.29, 1.82) is 0 Å². The molecule has 3 aromatic rings. The lowest BCUT2D eigenvalue weighted by molar-refractivity contribution is -0.129. The van der Waals surface area contributed by atoms with Gasteiger partial charge in [0.1, 0.15) is 0 Å². The number of hydrogen-bond donors (Lipinski definition) is 1. The fraction of sp³-hybridized carbons (Fsp3) is 0.182. The molecule has 3 rings (SSSR count). The second-order valence-corrected chi connectivity index (χ2v) is 6.21. The summed E-state index contributed by atoms with van der Waals surface area (Å²) >= 11 is 0. The van der Waals surface area contributed by atoms with E-state index in [-0.39, 0.29) is 5.91 Å². The van der Waals surface area contributed by atoms with Gasteiger partial charge in [0.25, 0.3) is 5.91 Å². The van der Waals surface area contributed by atoms with Gasteiger partial charge in [0.2, 0.25) is 0 Å². The topological polar surface area (TPSA) is 60.3 Å². The van der Waals surface area contributed by atoms with Crippen molar-refractivity contribution in [1.82, 2.24) is 9.88 Å². The predicted molar refractivity (Wildman–Crippen MR) is 104 cm³/mol. The maximum Gasteiger partial charge on any atom is 0.338 e. The van der Waals surface area contributed by atoms with Gasteiger partial charge in [0.15, 0.2) is 6.10 Å². The van der Waals surface area contributed by atoms with Crippen LogP contribution in [0, 0.1) is 0 Å². The minimum absolute atomic E-state index is 0.305. The lowest BCUT2D eigenvalue weighted by Gasteiger charge is -2.14. The van der Waals surface area contributed by atoms with Crippen molar-refractivity contribution in [3.63, 3.8) is 0 Å². The first-order valence-corrected chi connectivity index (χ1v) is 8.89. The molecule has 138 valence electrons. The summed E-state index contributed by atoms with van der Waals surface area (Å²) in [7, 11) is 0. The molecule has 27 heavy (non-hydrogen) atoms. The van der Waals surface area contributed by atoms with Crippen LogP contribution in [0.3, 0.4) is 0 Å². The maximum atomic E-state index is 12.4. The summed E-state index contributed by atoms with van der Waals surface area (Å²) in [6.07, 6.45) is 3.66. The van der Waals surface area contributed by atoms with Gasteiger partial charge in [-0.25, -0.2) is 4.79 Å². The van der Waals surface area contributed by atoms with Gasteiger partial charge in [-0.1, -0.05) is 36.4 Å². The Kier molecular flexibility index (Phi) is 6.05. The van der Waals surface area contributed by atoms with Crippen LogP contribution in [0.5, 0.6) is 0 Å². The number of esters is 1. The van der Waals surface area contributed by atoms with E-state index in [1.807, 2.05) is 65.5 Å². The standard InChI is InChI=1S/C22H22N2O3/c1-17(21(25)23-13-12-18-8-3-2-4-9-18)27-22(26)19-10-7-11-20(16-19)24-14-5-6-15-24/h2-11,14-17H,12-13H2,1H3,(H,23,25). The van der Waals surface area contributed by atoms with E-state index >= 15 is 0 Å². The summed E-state index contributed by atoms with van der Waals surface area (Å²) in [4.78, 5) is 24.5. The molecular formula is C22H22N2O3. The normalized spacial score (nSPS) is 11.6. The van der Waals surface area contributed by atoms with Crippen molar-refractivity contribution in [2.24, 2.45) is 0 Å². The summed E-state index contributed by atoms with van der Waals surface area (Å²) in [5.41, 5.74) is 2.41. The monoisotopic (exact) mass is 362 g/mol. The Hall–Kier alpha value is -3.34. The Morgan fingerprint density at radius 1 is 1.00 bits per heavy atom. The molecule has 1 N–H and O–H groups in total. The zero-order valence-electron chi connectivity index (χ0n) is 15.2. The van der Waals surface area contributed by atoms with Crippen LogP contribution in [-0.4, -0.2) is 29.1 Å². The molecule has 0 spiro atoms. The van der Waals surface area contributed by atoms with Crippen LogP contribution >= 0.6 is 0 Å². The van der Waals surface area contributed by atoms with Crippen LogP contribution in [0.1, 0.15) is 22.8 Å². The zero-order chi connectivity index (χ0) is 19.1. The van der Waals surface area contributed by atoms with Crippen molar-refractivity contribution in [2.75, 3.05) is 6.54 Å². The number of rotatable bonds is 7. The Morgan fingerprint density at radius 2 is 1.74 bits per heavy atom. The highest BCUT2D eigenvalue weighted by Gasteiger charge is 2.18. The largest absolute Gasteiger partial charge is 0.449 e. The number of ether oxygens (including phenoxy) is 1. The van der Waals surface area contributed by atoms with Gasteiger partial charge in [-0.05, 0) is 49.2 Å². The molecule has 0 saturated heterocycles. The highest BCUT2D eigenvalue weighted by Crippen LogP contribution is 2.12. The molecule has 2 aromatic carbocycles. The lowest BCUT2D eigenvalue weighted by atomic mass is 10.1. The van der Waals surface area contributed by atoms with E-state index in [4.69, 9.17) is 4.74 Å². The summed E-state index contributed by atoms with van der Waals surface area (Å²) in [5, 5.41) is 2.80. The molecule has 0 radical (unpaired) electrons. The second kappa shape index (κ2) is 8.85. The number of nitrogens with zero attached hydrogens (tertiary/aromatic N) is 1. The van der Waals surface area contributed by atoms with Crippen LogP contribution in [0.15, 0.2) is 79.1 Å². The lowest BCUT2D eigenvalue weighted by Crippen LogP contribution is -2.36. The molecule has 0 fully saturated rings. The van der Waals surface area contributed by atoms with E-state index in [1.165, 1.54) is 0 Å². The predicted octanol–water partition coefficient (Wildman–Crippen LogP) is 3.38. The number of nitrogens with one attached hydrogen (secondary N) is 1. The summed E-state index contributed by atoms with van der Waals surface area (Å²) in [5.74, 6) is -0.824. The molecule has 1 aromatic heterocycles. The number of amides is 1. The van der Waals surface area contributed by atoms with Gasteiger partial charge in [0, 0.05) is 24.6 Å².